The largest absolute Gasteiger partial charge is 0.496 e. The molecule has 0 aliphatic carbocycles. The number of hydrogen-bond donors (Lipinski definition) is 1. The van der Waals surface area contributed by atoms with Crippen LogP contribution in [0.25, 0.3) is 0 Å². The van der Waals surface area contributed by atoms with Gasteiger partial charge in [-0.3, -0.25) is 9.78 Å². The van der Waals surface area contributed by atoms with Gasteiger partial charge in [-0.05, 0) is 27.2 Å². The number of esters is 1. The maximum atomic E-state index is 12.4. The molecule has 0 radical (unpaired) electrons. The summed E-state index contributed by atoms with van der Waals surface area (Å²) in [7, 11) is 1.65. The summed E-state index contributed by atoms with van der Waals surface area (Å²) in [5.74, 6) is 1.10. The van der Waals surface area contributed by atoms with E-state index < -0.39 is 0 Å². The van der Waals surface area contributed by atoms with Crippen LogP contribution in [0.1, 0.15) is 55.0 Å². The number of pyridine rings is 1. The highest BCUT2D eigenvalue weighted by atomic mass is 35.5. The number of rotatable bonds is 7. The van der Waals surface area contributed by atoms with Crippen LogP contribution in [0.15, 0.2) is 6.20 Å². The summed E-state index contributed by atoms with van der Waals surface area (Å²) in [6.07, 6.45) is 2.63. The molecule has 30 heavy (non-hydrogen) atoms. The van der Waals surface area contributed by atoms with Crippen molar-refractivity contribution in [3.05, 3.63) is 33.7 Å². The first-order valence-electron chi connectivity index (χ1n) is 10.0. The second-order valence-electron chi connectivity index (χ2n) is 7.65. The molecule has 3 heterocycles. The van der Waals surface area contributed by atoms with E-state index in [0.717, 1.165) is 34.6 Å². The Bertz CT molecular complexity index is 953. The third-order valence-corrected chi connectivity index (χ3v) is 5.74. The highest BCUT2D eigenvalue weighted by Gasteiger charge is 2.36. The third kappa shape index (κ3) is 4.43. The van der Waals surface area contributed by atoms with E-state index in [9.17, 15) is 4.79 Å². The predicted molar refractivity (Wildman–Crippen MR) is 116 cm³/mol. The lowest BCUT2D eigenvalue weighted by Crippen LogP contribution is -2.25. The highest BCUT2D eigenvalue weighted by Crippen LogP contribution is 2.42. The molecule has 0 saturated heterocycles. The lowest BCUT2D eigenvalue weighted by atomic mass is 10.0. The second-order valence-corrected chi connectivity index (χ2v) is 8.00. The SMILES string of the molecule is CCC(C)OC(=O)CC1CN(Cc2ncc(C)c(OC)c2C)c2nc(N)nc(Cl)c21. The molecule has 0 spiro atoms. The minimum Gasteiger partial charge on any atom is -0.496 e. The molecule has 0 aromatic carbocycles. The van der Waals surface area contributed by atoms with Crippen LogP contribution in [0.3, 0.4) is 0 Å². The van der Waals surface area contributed by atoms with E-state index in [1.54, 1.807) is 13.3 Å². The normalized spacial score (nSPS) is 16.3. The van der Waals surface area contributed by atoms with Crippen molar-refractivity contribution >= 4 is 29.3 Å². The Morgan fingerprint density at radius 1 is 1.40 bits per heavy atom. The number of fused-ring (bicyclic) bond motifs is 1. The van der Waals surface area contributed by atoms with E-state index in [1.165, 1.54) is 0 Å². The Balaban J connectivity index is 1.90. The molecule has 0 amide bonds. The summed E-state index contributed by atoms with van der Waals surface area (Å²) in [6, 6.07) is 0. The summed E-state index contributed by atoms with van der Waals surface area (Å²) in [5, 5.41) is 0.271. The number of nitrogens with two attached hydrogens (primary N) is 1. The Kier molecular flexibility index (Phi) is 6.65. The summed E-state index contributed by atoms with van der Waals surface area (Å²) < 4.78 is 11.0. The average Bonchev–Trinajstić information content (AvgIpc) is 3.01. The standard InChI is InChI=1S/C21H28ClN5O3/c1-6-12(3)30-16(28)7-14-9-27(20-17(14)19(22)25-21(23)26-20)10-15-13(4)18(29-5)11(2)8-24-15/h8,12,14H,6-7,9-10H2,1-5H3,(H2,23,25,26). The molecular formula is C21H28ClN5O3. The van der Waals surface area contributed by atoms with Crippen LogP contribution in [0.5, 0.6) is 5.75 Å². The highest BCUT2D eigenvalue weighted by molar-refractivity contribution is 6.30. The van der Waals surface area contributed by atoms with Crippen LogP contribution in [0.4, 0.5) is 11.8 Å². The van der Waals surface area contributed by atoms with Crippen LogP contribution < -0.4 is 15.4 Å². The maximum Gasteiger partial charge on any atom is 0.306 e. The second kappa shape index (κ2) is 9.04. The Labute approximate surface area is 181 Å². The van der Waals surface area contributed by atoms with E-state index in [-0.39, 0.29) is 35.5 Å². The van der Waals surface area contributed by atoms with E-state index in [1.807, 2.05) is 32.6 Å². The number of carbonyl (C=O) groups excluding carboxylic acids is 1. The van der Waals surface area contributed by atoms with E-state index in [2.05, 4.69) is 15.0 Å². The van der Waals surface area contributed by atoms with Gasteiger partial charge in [-0.25, -0.2) is 4.98 Å². The number of nitrogen functional groups attached to an aromatic ring is 1. The van der Waals surface area contributed by atoms with Crippen molar-refractivity contribution in [2.45, 2.75) is 59.1 Å². The molecule has 3 rings (SSSR count). The number of aryl methyl sites for hydroxylation is 1. The molecule has 0 saturated carbocycles. The monoisotopic (exact) mass is 433 g/mol. The van der Waals surface area contributed by atoms with Gasteiger partial charge >= 0.3 is 5.97 Å². The smallest absolute Gasteiger partial charge is 0.306 e. The van der Waals surface area contributed by atoms with Crippen molar-refractivity contribution in [2.75, 3.05) is 24.3 Å². The maximum absolute atomic E-state index is 12.4. The van der Waals surface area contributed by atoms with Gasteiger partial charge in [0.1, 0.15) is 16.7 Å². The number of nitrogens with zero attached hydrogens (tertiary/aromatic N) is 4. The first-order valence-corrected chi connectivity index (χ1v) is 10.4. The molecule has 2 aromatic rings. The van der Waals surface area contributed by atoms with E-state index >= 15 is 0 Å². The molecule has 8 nitrogen and oxygen atoms in total. The molecular weight excluding hydrogens is 406 g/mol. The fourth-order valence-corrected chi connectivity index (χ4v) is 4.08. The molecule has 2 atom stereocenters. The van der Waals surface area contributed by atoms with Crippen molar-refractivity contribution in [2.24, 2.45) is 0 Å². The van der Waals surface area contributed by atoms with Crippen LogP contribution in [0.2, 0.25) is 5.15 Å². The van der Waals surface area contributed by atoms with Gasteiger partial charge in [-0.2, -0.15) is 4.98 Å². The molecule has 0 bridgehead atoms. The van der Waals surface area contributed by atoms with Gasteiger partial charge in [-0.15, -0.1) is 0 Å². The number of carbonyl (C=O) groups is 1. The van der Waals surface area contributed by atoms with Crippen LogP contribution >= 0.6 is 11.6 Å². The van der Waals surface area contributed by atoms with Crippen molar-refractivity contribution in [1.82, 2.24) is 15.0 Å². The zero-order chi connectivity index (χ0) is 22.0. The Hall–Kier alpha value is -2.61. The van der Waals surface area contributed by atoms with Gasteiger partial charge in [0.05, 0.1) is 31.9 Å². The molecule has 2 unspecified atom stereocenters. The summed E-state index contributed by atoms with van der Waals surface area (Å²) >= 11 is 6.41. The molecule has 2 aromatic heterocycles. The van der Waals surface area contributed by atoms with Crippen LogP contribution in [0, 0.1) is 13.8 Å². The molecule has 1 aliphatic rings. The zero-order valence-corrected chi connectivity index (χ0v) is 18.8. The number of halogens is 1. The minimum atomic E-state index is -0.263. The number of anilines is 2. The number of aromatic nitrogens is 3. The number of methoxy groups -OCH3 is 1. The molecule has 162 valence electrons. The fourth-order valence-electron chi connectivity index (χ4n) is 3.76. The van der Waals surface area contributed by atoms with E-state index in [4.69, 9.17) is 26.8 Å². The summed E-state index contributed by atoms with van der Waals surface area (Å²) in [6.45, 7) is 8.82. The van der Waals surface area contributed by atoms with Gasteiger partial charge in [0, 0.05) is 35.3 Å². The van der Waals surface area contributed by atoms with Gasteiger partial charge < -0.3 is 20.1 Å². The van der Waals surface area contributed by atoms with Gasteiger partial charge in [0.2, 0.25) is 5.95 Å². The van der Waals surface area contributed by atoms with Crippen molar-refractivity contribution < 1.29 is 14.3 Å². The van der Waals surface area contributed by atoms with Crippen molar-refractivity contribution in [1.29, 1.82) is 0 Å². The van der Waals surface area contributed by atoms with Gasteiger partial charge in [-0.1, -0.05) is 18.5 Å². The zero-order valence-electron chi connectivity index (χ0n) is 18.0. The van der Waals surface area contributed by atoms with Crippen molar-refractivity contribution in [3.8, 4) is 5.75 Å². The first-order chi connectivity index (χ1) is 14.2. The molecule has 9 heteroatoms. The predicted octanol–water partition coefficient (Wildman–Crippen LogP) is 3.57. The number of hydrogen-bond acceptors (Lipinski definition) is 8. The first kappa shape index (κ1) is 22.1. The summed E-state index contributed by atoms with van der Waals surface area (Å²) in [4.78, 5) is 27.5. The quantitative estimate of drug-likeness (QED) is 0.522. The van der Waals surface area contributed by atoms with E-state index in [0.29, 0.717) is 18.9 Å². The minimum absolute atomic E-state index is 0.0951. The molecule has 0 fully saturated rings. The lowest BCUT2D eigenvalue weighted by molar-refractivity contribution is -0.148. The average molecular weight is 434 g/mol. The Morgan fingerprint density at radius 2 is 2.13 bits per heavy atom. The molecule has 1 aliphatic heterocycles. The van der Waals surface area contributed by atoms with Crippen LogP contribution in [-0.4, -0.2) is 40.7 Å². The fraction of sp³-hybridized carbons (Fsp3) is 0.524. The lowest BCUT2D eigenvalue weighted by Gasteiger charge is -2.21. The van der Waals surface area contributed by atoms with Crippen LogP contribution in [-0.2, 0) is 16.1 Å². The van der Waals surface area contributed by atoms with Gasteiger partial charge in [0.25, 0.3) is 0 Å². The summed E-state index contributed by atoms with van der Waals surface area (Å²) in [5.41, 5.74) is 9.38. The molecule has 2 N–H and O–H groups in total. The third-order valence-electron chi connectivity index (χ3n) is 5.46. The topological polar surface area (TPSA) is 103 Å². The van der Waals surface area contributed by atoms with Gasteiger partial charge in [0.15, 0.2) is 0 Å². The number of ether oxygens (including phenoxy) is 2. The Morgan fingerprint density at radius 3 is 2.80 bits per heavy atom. The van der Waals surface area contributed by atoms with Crippen molar-refractivity contribution in [3.63, 3.8) is 0 Å².